The molecule has 0 unspecified atom stereocenters. The van der Waals surface area contributed by atoms with E-state index < -0.39 is 23.6 Å². The van der Waals surface area contributed by atoms with Gasteiger partial charge in [-0.1, -0.05) is 0 Å². The summed E-state index contributed by atoms with van der Waals surface area (Å²) in [6.07, 6.45) is -4.50. The van der Waals surface area contributed by atoms with Crippen LogP contribution in [0, 0.1) is 5.82 Å². The first-order chi connectivity index (χ1) is 8.39. The van der Waals surface area contributed by atoms with Crippen molar-refractivity contribution >= 4 is 11.3 Å². The van der Waals surface area contributed by atoms with Crippen molar-refractivity contribution in [1.29, 1.82) is 0 Å². The van der Waals surface area contributed by atoms with E-state index in [0.717, 1.165) is 12.1 Å². The average molecular weight is 275 g/mol. The summed E-state index contributed by atoms with van der Waals surface area (Å²) in [7, 11) is 0. The van der Waals surface area contributed by atoms with Crippen LogP contribution in [0.15, 0.2) is 35.0 Å². The number of alkyl halides is 3. The Balaban J connectivity index is 2.44. The first-order valence-corrected chi connectivity index (χ1v) is 5.98. The van der Waals surface area contributed by atoms with Crippen LogP contribution in [0.25, 0.3) is 0 Å². The second kappa shape index (κ2) is 4.70. The molecule has 0 bridgehead atoms. The number of thiophene rings is 1. The molecule has 0 saturated heterocycles. The van der Waals surface area contributed by atoms with Crippen LogP contribution in [0.1, 0.15) is 22.7 Å². The number of nitrogens with two attached hydrogens (primary N) is 1. The van der Waals surface area contributed by atoms with Crippen molar-refractivity contribution in [2.24, 2.45) is 5.73 Å². The van der Waals surface area contributed by atoms with Gasteiger partial charge in [0.25, 0.3) is 0 Å². The van der Waals surface area contributed by atoms with Crippen molar-refractivity contribution in [1.82, 2.24) is 0 Å². The van der Waals surface area contributed by atoms with E-state index in [9.17, 15) is 17.6 Å². The minimum absolute atomic E-state index is 0.150. The number of hydrogen-bond acceptors (Lipinski definition) is 2. The highest BCUT2D eigenvalue weighted by Gasteiger charge is 2.31. The molecule has 18 heavy (non-hydrogen) atoms. The molecule has 0 radical (unpaired) electrons. The summed E-state index contributed by atoms with van der Waals surface area (Å²) in [5.74, 6) is -0.735. The number of benzene rings is 1. The Morgan fingerprint density at radius 3 is 2.44 bits per heavy atom. The summed E-state index contributed by atoms with van der Waals surface area (Å²) >= 11 is 1.35. The lowest BCUT2D eigenvalue weighted by Gasteiger charge is -2.14. The van der Waals surface area contributed by atoms with Gasteiger partial charge in [-0.25, -0.2) is 4.39 Å². The molecule has 2 N–H and O–H groups in total. The molecule has 96 valence electrons. The lowest BCUT2D eigenvalue weighted by Crippen LogP contribution is -2.15. The molecule has 0 aliphatic rings. The highest BCUT2D eigenvalue weighted by atomic mass is 32.1. The van der Waals surface area contributed by atoms with Gasteiger partial charge in [0.1, 0.15) is 5.82 Å². The normalized spacial score (nSPS) is 13.6. The topological polar surface area (TPSA) is 26.0 Å². The first-order valence-electron chi connectivity index (χ1n) is 5.04. The van der Waals surface area contributed by atoms with Crippen molar-refractivity contribution in [3.05, 3.63) is 57.5 Å². The zero-order valence-corrected chi connectivity index (χ0v) is 9.86. The van der Waals surface area contributed by atoms with E-state index in [2.05, 4.69) is 0 Å². The van der Waals surface area contributed by atoms with E-state index in [0.29, 0.717) is 11.6 Å². The third-order valence-electron chi connectivity index (χ3n) is 2.56. The standard InChI is InChI=1S/C12H9F4NS/c13-10-2-1-8(12(14,15)16)5-9(10)11(17)7-3-4-18-6-7/h1-6,11H,17H2/t11-/m1/s1. The molecule has 0 amide bonds. The van der Waals surface area contributed by atoms with Gasteiger partial charge in [-0.3, -0.25) is 0 Å². The summed E-state index contributed by atoms with van der Waals surface area (Å²) in [6, 6.07) is 3.04. The van der Waals surface area contributed by atoms with E-state index in [-0.39, 0.29) is 5.56 Å². The van der Waals surface area contributed by atoms with Crippen molar-refractivity contribution in [2.45, 2.75) is 12.2 Å². The van der Waals surface area contributed by atoms with Crippen molar-refractivity contribution in [3.63, 3.8) is 0 Å². The molecule has 0 fully saturated rings. The molecule has 0 aliphatic carbocycles. The van der Waals surface area contributed by atoms with E-state index in [1.807, 2.05) is 0 Å². The van der Waals surface area contributed by atoms with Crippen LogP contribution in [0.4, 0.5) is 17.6 Å². The van der Waals surface area contributed by atoms with Crippen LogP contribution < -0.4 is 5.73 Å². The van der Waals surface area contributed by atoms with Gasteiger partial charge in [-0.2, -0.15) is 24.5 Å². The fraction of sp³-hybridized carbons (Fsp3) is 0.167. The Morgan fingerprint density at radius 2 is 1.89 bits per heavy atom. The highest BCUT2D eigenvalue weighted by Crippen LogP contribution is 2.33. The summed E-state index contributed by atoms with van der Waals surface area (Å²) in [4.78, 5) is 0. The summed E-state index contributed by atoms with van der Waals surface area (Å²) in [5.41, 5.74) is 5.32. The third kappa shape index (κ3) is 2.54. The second-order valence-electron chi connectivity index (χ2n) is 3.77. The van der Waals surface area contributed by atoms with Crippen LogP contribution in [0.5, 0.6) is 0 Å². The quantitative estimate of drug-likeness (QED) is 0.825. The molecule has 0 aliphatic heterocycles. The largest absolute Gasteiger partial charge is 0.416 e. The first kappa shape index (κ1) is 13.0. The molecule has 6 heteroatoms. The number of halogens is 4. The molecule has 0 spiro atoms. The fourth-order valence-corrected chi connectivity index (χ4v) is 2.29. The number of rotatable bonds is 2. The molecular weight excluding hydrogens is 266 g/mol. The molecule has 1 aromatic carbocycles. The van der Waals surface area contributed by atoms with Gasteiger partial charge in [0.15, 0.2) is 0 Å². The molecule has 1 heterocycles. The SMILES string of the molecule is N[C@H](c1ccsc1)c1cc(C(F)(F)F)ccc1F. The van der Waals surface area contributed by atoms with Crippen LogP contribution in [-0.2, 0) is 6.18 Å². The predicted octanol–water partition coefficient (Wildman–Crippen LogP) is 3.95. The molecular formula is C12H9F4NS. The molecule has 2 aromatic rings. The van der Waals surface area contributed by atoms with Crippen molar-refractivity contribution in [3.8, 4) is 0 Å². The maximum absolute atomic E-state index is 13.6. The van der Waals surface area contributed by atoms with Crippen LogP contribution in [-0.4, -0.2) is 0 Å². The Labute approximate surface area is 105 Å². The van der Waals surface area contributed by atoms with Gasteiger partial charge in [0.2, 0.25) is 0 Å². The van der Waals surface area contributed by atoms with Crippen LogP contribution in [0.2, 0.25) is 0 Å². The van der Waals surface area contributed by atoms with Crippen molar-refractivity contribution < 1.29 is 17.6 Å². The summed E-state index contributed by atoms with van der Waals surface area (Å²) in [5, 5.41) is 3.42. The van der Waals surface area contributed by atoms with Gasteiger partial charge in [-0.15, -0.1) is 0 Å². The maximum atomic E-state index is 13.6. The Bertz CT molecular complexity index is 534. The molecule has 1 atom stereocenters. The monoisotopic (exact) mass is 275 g/mol. The molecule has 1 aromatic heterocycles. The number of hydrogen-bond donors (Lipinski definition) is 1. The van der Waals surface area contributed by atoms with Gasteiger partial charge in [0, 0.05) is 5.56 Å². The highest BCUT2D eigenvalue weighted by molar-refractivity contribution is 7.08. The Morgan fingerprint density at radius 1 is 1.17 bits per heavy atom. The van der Waals surface area contributed by atoms with Gasteiger partial charge < -0.3 is 5.73 Å². The maximum Gasteiger partial charge on any atom is 0.416 e. The van der Waals surface area contributed by atoms with Gasteiger partial charge in [-0.05, 0) is 40.6 Å². The minimum atomic E-state index is -4.50. The zero-order valence-electron chi connectivity index (χ0n) is 9.04. The van der Waals surface area contributed by atoms with E-state index >= 15 is 0 Å². The molecule has 0 saturated carbocycles. The van der Waals surface area contributed by atoms with Gasteiger partial charge in [0.05, 0.1) is 11.6 Å². The van der Waals surface area contributed by atoms with Crippen molar-refractivity contribution in [2.75, 3.05) is 0 Å². The van der Waals surface area contributed by atoms with E-state index in [4.69, 9.17) is 5.73 Å². The second-order valence-corrected chi connectivity index (χ2v) is 4.55. The van der Waals surface area contributed by atoms with E-state index in [1.165, 1.54) is 11.3 Å². The Hall–Kier alpha value is -1.40. The molecule has 2 rings (SSSR count). The minimum Gasteiger partial charge on any atom is -0.320 e. The van der Waals surface area contributed by atoms with Crippen LogP contribution in [0.3, 0.4) is 0 Å². The third-order valence-corrected chi connectivity index (χ3v) is 3.26. The zero-order chi connectivity index (χ0) is 13.3. The summed E-state index contributed by atoms with van der Waals surface area (Å²) < 4.78 is 51.2. The molecule has 1 nitrogen and oxygen atoms in total. The summed E-state index contributed by atoms with van der Waals surface area (Å²) in [6.45, 7) is 0. The van der Waals surface area contributed by atoms with Crippen LogP contribution >= 0.6 is 11.3 Å². The Kier molecular flexibility index (Phi) is 3.41. The smallest absolute Gasteiger partial charge is 0.320 e. The van der Waals surface area contributed by atoms with E-state index in [1.54, 1.807) is 16.8 Å². The van der Waals surface area contributed by atoms with Gasteiger partial charge >= 0.3 is 6.18 Å². The average Bonchev–Trinajstić information content (AvgIpc) is 2.80. The lowest BCUT2D eigenvalue weighted by molar-refractivity contribution is -0.137. The lowest BCUT2D eigenvalue weighted by atomic mass is 9.99. The fourth-order valence-electron chi connectivity index (χ4n) is 1.59. The predicted molar refractivity (Wildman–Crippen MR) is 61.8 cm³/mol.